The molecule has 7 aromatic rings. The molecular weight excluding hydrogens is 568 g/mol. The maximum Gasteiger partial charge on any atom is 0.198 e. The van der Waals surface area contributed by atoms with Gasteiger partial charge in [0.2, 0.25) is 0 Å². The standard InChI is InChI=1S/C40H34N4O2/c1-3-10-33-31-20-18-27(23-37(31)45-39(33)41)43(28-19-21-32-34(11-4-2)40(42)46-38(32)24-28)25-12-9-13-26(22-25)44-35-16-7-5-14-29(35)30-15-6-8-17-36(30)44/h3-7,9-16,18-24H,8,17,41-42H2,1-2H3/b10-3-,11-4-. The number of hydrogen-bond acceptors (Lipinski definition) is 5. The molecule has 46 heavy (non-hydrogen) atoms. The predicted molar refractivity (Wildman–Crippen MR) is 193 cm³/mol. The lowest BCUT2D eigenvalue weighted by Gasteiger charge is -2.26. The number of nitrogens with zero attached hydrogens (tertiary/aromatic N) is 2. The van der Waals surface area contributed by atoms with Gasteiger partial charge in [-0.05, 0) is 75.2 Å². The number of nitrogen functional groups attached to an aromatic ring is 2. The summed E-state index contributed by atoms with van der Waals surface area (Å²) in [5.41, 5.74) is 23.6. The number of furan rings is 2. The number of anilines is 5. The highest BCUT2D eigenvalue weighted by Crippen LogP contribution is 2.42. The number of nitrogens with two attached hydrogens (primary N) is 2. The van der Waals surface area contributed by atoms with Gasteiger partial charge in [-0.1, -0.05) is 60.7 Å². The summed E-state index contributed by atoms with van der Waals surface area (Å²) in [6, 6.07) is 29.8. The second kappa shape index (κ2) is 10.9. The molecule has 4 N–H and O–H groups in total. The average molecular weight is 603 g/mol. The summed E-state index contributed by atoms with van der Waals surface area (Å²) in [7, 11) is 0. The van der Waals surface area contributed by atoms with Crippen LogP contribution in [0.15, 0.2) is 112 Å². The molecule has 0 unspecified atom stereocenters. The van der Waals surface area contributed by atoms with Crippen LogP contribution in [0, 0.1) is 0 Å². The molecule has 0 atom stereocenters. The van der Waals surface area contributed by atoms with E-state index in [0.29, 0.717) is 11.8 Å². The van der Waals surface area contributed by atoms with Gasteiger partial charge in [0.15, 0.2) is 11.8 Å². The molecule has 0 radical (unpaired) electrons. The van der Waals surface area contributed by atoms with Gasteiger partial charge in [-0.3, -0.25) is 0 Å². The maximum absolute atomic E-state index is 6.30. The molecule has 0 fully saturated rings. The maximum atomic E-state index is 6.30. The molecule has 3 aromatic heterocycles. The third-order valence-corrected chi connectivity index (χ3v) is 8.86. The Balaban J connectivity index is 1.34. The summed E-state index contributed by atoms with van der Waals surface area (Å²) in [5, 5.41) is 3.21. The molecule has 0 saturated carbocycles. The van der Waals surface area contributed by atoms with Crippen molar-refractivity contribution in [2.45, 2.75) is 26.7 Å². The minimum absolute atomic E-state index is 0.404. The molecule has 4 aromatic carbocycles. The van der Waals surface area contributed by atoms with Gasteiger partial charge in [0.1, 0.15) is 11.2 Å². The Bertz CT molecular complexity index is 2280. The zero-order chi connectivity index (χ0) is 31.4. The molecular formula is C40H34N4O2. The lowest BCUT2D eigenvalue weighted by atomic mass is 10.0. The zero-order valence-corrected chi connectivity index (χ0v) is 25.8. The highest BCUT2D eigenvalue weighted by molar-refractivity contribution is 5.98. The van der Waals surface area contributed by atoms with Crippen molar-refractivity contribution in [3.63, 3.8) is 0 Å². The number of rotatable bonds is 6. The molecule has 0 saturated heterocycles. The van der Waals surface area contributed by atoms with Crippen molar-refractivity contribution in [1.82, 2.24) is 4.57 Å². The minimum Gasteiger partial charge on any atom is -0.440 e. The van der Waals surface area contributed by atoms with Crippen molar-refractivity contribution in [3.05, 3.63) is 126 Å². The second-order valence-electron chi connectivity index (χ2n) is 11.6. The number of allylic oxidation sites excluding steroid dienone is 3. The fourth-order valence-electron chi connectivity index (χ4n) is 6.89. The van der Waals surface area contributed by atoms with Crippen LogP contribution in [0.5, 0.6) is 0 Å². The number of fused-ring (bicyclic) bond motifs is 5. The fraction of sp³-hybridized carbons (Fsp3) is 0.100. The number of aromatic nitrogens is 1. The molecule has 0 amide bonds. The first kappa shape index (κ1) is 27.7. The van der Waals surface area contributed by atoms with E-state index in [1.165, 1.54) is 22.2 Å². The summed E-state index contributed by atoms with van der Waals surface area (Å²) in [4.78, 5) is 2.22. The highest BCUT2D eigenvalue weighted by Gasteiger charge is 2.22. The van der Waals surface area contributed by atoms with Crippen molar-refractivity contribution < 1.29 is 8.83 Å². The van der Waals surface area contributed by atoms with Crippen LogP contribution in [0.3, 0.4) is 0 Å². The fourth-order valence-corrected chi connectivity index (χ4v) is 6.89. The highest BCUT2D eigenvalue weighted by atomic mass is 16.4. The lowest BCUT2D eigenvalue weighted by molar-refractivity contribution is 0.636. The summed E-state index contributed by atoms with van der Waals surface area (Å²) in [6.07, 6.45) is 14.5. The van der Waals surface area contributed by atoms with Crippen molar-refractivity contribution in [3.8, 4) is 5.69 Å². The largest absolute Gasteiger partial charge is 0.440 e. The molecule has 8 rings (SSSR count). The van der Waals surface area contributed by atoms with Crippen LogP contribution in [0.1, 0.15) is 42.7 Å². The van der Waals surface area contributed by atoms with E-state index in [-0.39, 0.29) is 0 Å². The van der Waals surface area contributed by atoms with Gasteiger partial charge in [0, 0.05) is 73.4 Å². The van der Waals surface area contributed by atoms with Crippen LogP contribution in [0.25, 0.3) is 56.8 Å². The summed E-state index contributed by atoms with van der Waals surface area (Å²) in [6.45, 7) is 3.95. The van der Waals surface area contributed by atoms with E-state index < -0.39 is 0 Å². The molecule has 226 valence electrons. The molecule has 0 spiro atoms. The Morgan fingerprint density at radius 3 is 1.98 bits per heavy atom. The van der Waals surface area contributed by atoms with Gasteiger partial charge >= 0.3 is 0 Å². The average Bonchev–Trinajstić information content (AvgIpc) is 3.69. The Hall–Kier alpha value is -5.88. The predicted octanol–water partition coefficient (Wildman–Crippen LogP) is 10.8. The third-order valence-electron chi connectivity index (χ3n) is 8.86. The van der Waals surface area contributed by atoms with Gasteiger partial charge in [0.25, 0.3) is 0 Å². The first-order chi connectivity index (χ1) is 22.6. The normalized spacial score (nSPS) is 13.2. The summed E-state index contributed by atoms with van der Waals surface area (Å²) in [5.74, 6) is 0.808. The topological polar surface area (TPSA) is 86.5 Å². The second-order valence-corrected chi connectivity index (χ2v) is 11.6. The van der Waals surface area contributed by atoms with Gasteiger partial charge < -0.3 is 29.8 Å². The first-order valence-electron chi connectivity index (χ1n) is 15.6. The van der Waals surface area contributed by atoms with Crippen LogP contribution in [-0.2, 0) is 6.42 Å². The van der Waals surface area contributed by atoms with E-state index >= 15 is 0 Å². The Labute approximate surface area is 267 Å². The van der Waals surface area contributed by atoms with Crippen molar-refractivity contribution in [2.24, 2.45) is 0 Å². The van der Waals surface area contributed by atoms with Crippen LogP contribution < -0.4 is 16.4 Å². The van der Waals surface area contributed by atoms with E-state index in [4.69, 9.17) is 20.3 Å². The van der Waals surface area contributed by atoms with Gasteiger partial charge in [0.05, 0.1) is 5.52 Å². The first-order valence-corrected chi connectivity index (χ1v) is 15.6. The number of benzene rings is 4. The van der Waals surface area contributed by atoms with E-state index in [1.807, 2.05) is 38.2 Å². The van der Waals surface area contributed by atoms with E-state index in [9.17, 15) is 0 Å². The van der Waals surface area contributed by atoms with Gasteiger partial charge in [-0.25, -0.2) is 0 Å². The van der Waals surface area contributed by atoms with E-state index in [1.54, 1.807) is 0 Å². The van der Waals surface area contributed by atoms with E-state index in [2.05, 4.69) is 107 Å². The molecule has 0 aliphatic heterocycles. The molecule has 3 heterocycles. The van der Waals surface area contributed by atoms with Crippen molar-refractivity contribution >= 4 is 79.9 Å². The molecule has 0 bridgehead atoms. The monoisotopic (exact) mass is 602 g/mol. The Morgan fingerprint density at radius 1 is 0.696 bits per heavy atom. The number of para-hydroxylation sites is 1. The lowest BCUT2D eigenvalue weighted by Crippen LogP contribution is -2.11. The Kier molecular flexibility index (Phi) is 6.57. The summed E-state index contributed by atoms with van der Waals surface area (Å²) >= 11 is 0. The molecule has 6 nitrogen and oxygen atoms in total. The smallest absolute Gasteiger partial charge is 0.198 e. The molecule has 6 heteroatoms. The van der Waals surface area contributed by atoms with Crippen molar-refractivity contribution in [2.75, 3.05) is 16.4 Å². The van der Waals surface area contributed by atoms with Crippen LogP contribution in [0.4, 0.5) is 28.8 Å². The van der Waals surface area contributed by atoms with Crippen LogP contribution >= 0.6 is 0 Å². The molecule has 1 aliphatic carbocycles. The van der Waals surface area contributed by atoms with Crippen molar-refractivity contribution in [1.29, 1.82) is 0 Å². The van der Waals surface area contributed by atoms with Crippen LogP contribution in [0.2, 0.25) is 0 Å². The SMILES string of the molecule is C/C=C\c1c(N)oc2cc(N(c3cccc(-n4c5c(c6ccccc64)C=CCC5)c3)c3ccc4c(/C=C\C)c(N)oc4c3)ccc12. The number of hydrogen-bond donors (Lipinski definition) is 2. The van der Waals surface area contributed by atoms with Gasteiger partial charge in [-0.2, -0.15) is 0 Å². The Morgan fingerprint density at radius 2 is 1.33 bits per heavy atom. The quantitative estimate of drug-likeness (QED) is 0.198. The van der Waals surface area contributed by atoms with Crippen LogP contribution in [-0.4, -0.2) is 4.57 Å². The third kappa shape index (κ3) is 4.33. The molecule has 1 aliphatic rings. The zero-order valence-electron chi connectivity index (χ0n) is 25.8. The van der Waals surface area contributed by atoms with E-state index in [0.717, 1.165) is 68.7 Å². The summed E-state index contributed by atoms with van der Waals surface area (Å²) < 4.78 is 14.6. The minimum atomic E-state index is 0.404. The van der Waals surface area contributed by atoms with Gasteiger partial charge in [-0.15, -0.1) is 0 Å².